The van der Waals surface area contributed by atoms with Gasteiger partial charge in [0.2, 0.25) is 0 Å². The highest BCUT2D eigenvalue weighted by Crippen LogP contribution is 2.14. The van der Waals surface area contributed by atoms with Gasteiger partial charge in [0.1, 0.15) is 24.2 Å². The van der Waals surface area contributed by atoms with E-state index in [4.69, 9.17) is 0 Å². The van der Waals surface area contributed by atoms with Crippen LogP contribution in [0.2, 0.25) is 0 Å². The van der Waals surface area contributed by atoms with Crippen molar-refractivity contribution in [2.24, 2.45) is 0 Å². The Kier molecular flexibility index (Phi) is 4.03. The van der Waals surface area contributed by atoms with Crippen LogP contribution in [0.5, 0.6) is 0 Å². The quantitative estimate of drug-likeness (QED) is 0.786. The van der Waals surface area contributed by atoms with Crippen LogP contribution in [0.15, 0.2) is 36.2 Å². The number of aryl methyl sites for hydroxylation is 1. The predicted octanol–water partition coefficient (Wildman–Crippen LogP) is 2.46. The first-order valence-electron chi connectivity index (χ1n) is 6.47. The van der Waals surface area contributed by atoms with Gasteiger partial charge >= 0.3 is 0 Å². The van der Waals surface area contributed by atoms with Crippen LogP contribution in [0, 0.1) is 12.7 Å². The summed E-state index contributed by atoms with van der Waals surface area (Å²) in [4.78, 5) is 8.18. The predicted molar refractivity (Wildman–Crippen MR) is 78.7 cm³/mol. The molecule has 21 heavy (non-hydrogen) atoms. The van der Waals surface area contributed by atoms with Crippen molar-refractivity contribution in [1.82, 2.24) is 25.1 Å². The Labute approximate surface area is 125 Å². The number of nitrogens with zero attached hydrogens (tertiary/aromatic N) is 4. The lowest BCUT2D eigenvalue weighted by molar-refractivity contribution is 0.603. The first kappa shape index (κ1) is 13.8. The van der Waals surface area contributed by atoms with E-state index in [-0.39, 0.29) is 5.82 Å². The number of halogens is 1. The molecule has 2 aromatic heterocycles. The van der Waals surface area contributed by atoms with Crippen LogP contribution in [0.3, 0.4) is 0 Å². The zero-order chi connectivity index (χ0) is 14.7. The Balaban J connectivity index is 1.63. The molecule has 0 radical (unpaired) electrons. The molecule has 1 aromatic carbocycles. The highest BCUT2D eigenvalue weighted by atomic mass is 32.1. The minimum atomic E-state index is -0.315. The molecule has 0 bridgehead atoms. The number of rotatable bonds is 5. The summed E-state index contributed by atoms with van der Waals surface area (Å²) >= 11 is 1.63. The molecular weight excluding hydrogens is 289 g/mol. The number of nitrogens with one attached hydrogen (secondary N) is 1. The lowest BCUT2D eigenvalue weighted by Crippen LogP contribution is -2.13. The van der Waals surface area contributed by atoms with Gasteiger partial charge in [-0.25, -0.2) is 19.0 Å². The maximum absolute atomic E-state index is 14.0. The molecule has 7 heteroatoms. The van der Waals surface area contributed by atoms with Gasteiger partial charge < -0.3 is 5.32 Å². The molecule has 0 spiro atoms. The molecule has 5 nitrogen and oxygen atoms in total. The van der Waals surface area contributed by atoms with Crippen LogP contribution in [-0.4, -0.2) is 19.7 Å². The lowest BCUT2D eigenvalue weighted by Gasteiger charge is -2.06. The highest BCUT2D eigenvalue weighted by molar-refractivity contribution is 7.09. The second kappa shape index (κ2) is 6.11. The third kappa shape index (κ3) is 3.32. The normalized spacial score (nSPS) is 11.0. The highest BCUT2D eigenvalue weighted by Gasteiger charge is 2.06. The fourth-order valence-electron chi connectivity index (χ4n) is 2.00. The van der Waals surface area contributed by atoms with E-state index in [0.29, 0.717) is 18.8 Å². The van der Waals surface area contributed by atoms with Crippen molar-refractivity contribution in [2.75, 3.05) is 0 Å². The van der Waals surface area contributed by atoms with Crippen LogP contribution < -0.4 is 5.32 Å². The van der Waals surface area contributed by atoms with Crippen molar-refractivity contribution in [3.63, 3.8) is 0 Å². The largest absolute Gasteiger partial charge is 0.307 e. The first-order chi connectivity index (χ1) is 10.2. The third-order valence-electron chi connectivity index (χ3n) is 2.98. The number of hydrogen-bond acceptors (Lipinski definition) is 5. The van der Waals surface area contributed by atoms with Crippen LogP contribution in [-0.2, 0) is 13.1 Å². The third-order valence-corrected chi connectivity index (χ3v) is 3.80. The zero-order valence-electron chi connectivity index (χ0n) is 11.5. The number of benzene rings is 1. The smallest absolute Gasteiger partial charge is 0.149 e. The van der Waals surface area contributed by atoms with Crippen LogP contribution >= 0.6 is 11.3 Å². The average molecular weight is 303 g/mol. The summed E-state index contributed by atoms with van der Waals surface area (Å²) in [5.41, 5.74) is 2.28. The van der Waals surface area contributed by atoms with Gasteiger partial charge in [-0.05, 0) is 24.6 Å². The summed E-state index contributed by atoms with van der Waals surface area (Å²) < 4.78 is 15.4. The second-order valence-electron chi connectivity index (χ2n) is 4.59. The Bertz CT molecular complexity index is 723. The van der Waals surface area contributed by atoms with E-state index in [1.54, 1.807) is 17.4 Å². The molecule has 0 aliphatic carbocycles. The molecule has 3 aromatic rings. The van der Waals surface area contributed by atoms with E-state index in [2.05, 4.69) is 20.4 Å². The molecule has 0 atom stereocenters. The molecule has 0 amide bonds. The van der Waals surface area contributed by atoms with E-state index in [9.17, 15) is 4.39 Å². The number of aromatic nitrogens is 4. The Morgan fingerprint density at radius 3 is 2.90 bits per heavy atom. The minimum Gasteiger partial charge on any atom is -0.307 e. The second-order valence-corrected chi connectivity index (χ2v) is 5.65. The van der Waals surface area contributed by atoms with E-state index in [1.807, 2.05) is 18.4 Å². The van der Waals surface area contributed by atoms with Gasteiger partial charge in [0.05, 0.1) is 10.7 Å². The molecular formula is C14H14FN5S. The summed E-state index contributed by atoms with van der Waals surface area (Å²) in [6.07, 6.45) is 2.85. The van der Waals surface area contributed by atoms with Crippen molar-refractivity contribution in [3.8, 4) is 5.69 Å². The molecule has 0 unspecified atom stereocenters. The first-order valence-corrected chi connectivity index (χ1v) is 7.35. The molecule has 108 valence electrons. The van der Waals surface area contributed by atoms with Gasteiger partial charge in [0.25, 0.3) is 0 Å². The minimum absolute atomic E-state index is 0.315. The van der Waals surface area contributed by atoms with Crippen molar-refractivity contribution >= 4 is 11.3 Å². The van der Waals surface area contributed by atoms with Gasteiger partial charge in [0, 0.05) is 18.5 Å². The number of hydrogen-bond donors (Lipinski definition) is 1. The molecule has 1 N–H and O–H groups in total. The van der Waals surface area contributed by atoms with Gasteiger partial charge in [-0.1, -0.05) is 6.07 Å². The fourth-order valence-corrected chi connectivity index (χ4v) is 2.62. The maximum Gasteiger partial charge on any atom is 0.149 e. The van der Waals surface area contributed by atoms with E-state index in [1.165, 1.54) is 23.4 Å². The van der Waals surface area contributed by atoms with Gasteiger partial charge in [-0.2, -0.15) is 5.10 Å². The number of thiazole rings is 1. The van der Waals surface area contributed by atoms with Crippen molar-refractivity contribution in [3.05, 3.63) is 58.3 Å². The Hall–Kier alpha value is -2.12. The summed E-state index contributed by atoms with van der Waals surface area (Å²) in [5.74, 6) is -0.315. The summed E-state index contributed by atoms with van der Waals surface area (Å²) in [7, 11) is 0. The molecule has 0 aliphatic heterocycles. The van der Waals surface area contributed by atoms with Crippen molar-refractivity contribution < 1.29 is 4.39 Å². The molecule has 0 saturated heterocycles. The van der Waals surface area contributed by atoms with E-state index in [0.717, 1.165) is 16.3 Å². The summed E-state index contributed by atoms with van der Waals surface area (Å²) in [6.45, 7) is 3.24. The zero-order valence-corrected chi connectivity index (χ0v) is 12.3. The summed E-state index contributed by atoms with van der Waals surface area (Å²) in [6, 6.07) is 5.09. The monoisotopic (exact) mass is 303 g/mol. The average Bonchev–Trinajstić information content (AvgIpc) is 3.11. The van der Waals surface area contributed by atoms with Gasteiger partial charge in [-0.3, -0.25) is 0 Å². The molecule has 0 saturated carbocycles. The van der Waals surface area contributed by atoms with Crippen molar-refractivity contribution in [1.29, 1.82) is 0 Å². The summed E-state index contributed by atoms with van der Waals surface area (Å²) in [5, 5.41) is 10.3. The standard InChI is InChI=1S/C14H14FN5S/c1-10-19-12(7-21-10)6-16-5-11-2-3-14(13(15)4-11)20-9-17-8-18-20/h2-4,7-9,16H,5-6H2,1H3. The Morgan fingerprint density at radius 2 is 2.24 bits per heavy atom. The lowest BCUT2D eigenvalue weighted by atomic mass is 10.2. The van der Waals surface area contributed by atoms with Gasteiger partial charge in [0.15, 0.2) is 0 Å². The van der Waals surface area contributed by atoms with Crippen molar-refractivity contribution in [2.45, 2.75) is 20.0 Å². The molecule has 3 rings (SSSR count). The Morgan fingerprint density at radius 1 is 1.33 bits per heavy atom. The topological polar surface area (TPSA) is 55.6 Å². The maximum atomic E-state index is 14.0. The van der Waals surface area contributed by atoms with Gasteiger partial charge in [-0.15, -0.1) is 11.3 Å². The molecule has 0 fully saturated rings. The molecule has 2 heterocycles. The molecule has 0 aliphatic rings. The SMILES string of the molecule is Cc1nc(CNCc2ccc(-n3cncn3)c(F)c2)cs1. The van der Waals surface area contributed by atoms with Crippen LogP contribution in [0.4, 0.5) is 4.39 Å². The van der Waals surface area contributed by atoms with Crippen LogP contribution in [0.1, 0.15) is 16.3 Å². The van der Waals surface area contributed by atoms with Crippen LogP contribution in [0.25, 0.3) is 5.69 Å². The van der Waals surface area contributed by atoms with E-state index >= 15 is 0 Å². The fraction of sp³-hybridized carbons (Fsp3) is 0.214. The van der Waals surface area contributed by atoms with E-state index < -0.39 is 0 Å².